The van der Waals surface area contributed by atoms with Gasteiger partial charge in [-0.25, -0.2) is 9.97 Å². The number of benzene rings is 1. The molecule has 0 radical (unpaired) electrons. The van der Waals surface area contributed by atoms with Crippen LogP contribution in [-0.4, -0.2) is 43.8 Å². The Kier molecular flexibility index (Phi) is 4.01. The van der Waals surface area contributed by atoms with Gasteiger partial charge in [0.1, 0.15) is 11.4 Å². The highest BCUT2D eigenvalue weighted by Gasteiger charge is 2.14. The lowest BCUT2D eigenvalue weighted by Gasteiger charge is -2.03. The zero-order chi connectivity index (χ0) is 15.5. The fraction of sp³-hybridized carbons (Fsp3) is 0.214. The van der Waals surface area contributed by atoms with E-state index in [2.05, 4.69) is 25.0 Å². The second kappa shape index (κ2) is 6.10. The van der Waals surface area contributed by atoms with Crippen molar-refractivity contribution in [3.05, 3.63) is 36.2 Å². The van der Waals surface area contributed by atoms with Crippen LogP contribution in [0.4, 0.5) is 0 Å². The van der Waals surface area contributed by atoms with Gasteiger partial charge in [0, 0.05) is 0 Å². The molecule has 0 aliphatic carbocycles. The number of nitrogens with zero attached hydrogens (tertiary/aromatic N) is 5. The van der Waals surface area contributed by atoms with Crippen LogP contribution in [0.3, 0.4) is 0 Å². The van der Waals surface area contributed by atoms with Gasteiger partial charge in [0.25, 0.3) is 0 Å². The maximum atomic E-state index is 11.3. The zero-order valence-corrected chi connectivity index (χ0v) is 12.9. The normalized spacial score (nSPS) is 10.8. The highest BCUT2D eigenvalue weighted by atomic mass is 32.2. The maximum absolute atomic E-state index is 11.3. The monoisotopic (exact) mass is 315 g/mol. The molecule has 112 valence electrons. The molecule has 2 aromatic heterocycles. The predicted octanol–water partition coefficient (Wildman–Crippen LogP) is 1.78. The molecular weight excluding hydrogens is 302 g/mol. The van der Waals surface area contributed by atoms with Crippen molar-refractivity contribution < 1.29 is 9.53 Å². The largest absolute Gasteiger partial charge is 0.468 e. The van der Waals surface area contributed by atoms with Crippen molar-refractivity contribution in [2.45, 2.75) is 11.9 Å². The minimum absolute atomic E-state index is 0.167. The quantitative estimate of drug-likeness (QED) is 0.412. The van der Waals surface area contributed by atoms with Crippen molar-refractivity contribution >= 4 is 28.9 Å². The standard InChI is InChI=1S/C14H13N5O2S/c1-9-3-5-10(6-4-9)19-13-12(17-18-19)14(16-8-15-13)22-7-11(20)21-2/h3-6,8H,7H2,1-2H3. The number of rotatable bonds is 4. The van der Waals surface area contributed by atoms with Gasteiger partial charge in [-0.3, -0.25) is 4.79 Å². The molecule has 0 atom stereocenters. The average molecular weight is 315 g/mol. The Bertz CT molecular complexity index is 816. The van der Waals surface area contributed by atoms with Gasteiger partial charge in [-0.15, -0.1) is 5.10 Å². The van der Waals surface area contributed by atoms with Gasteiger partial charge in [0.15, 0.2) is 11.2 Å². The summed E-state index contributed by atoms with van der Waals surface area (Å²) in [4.78, 5) is 19.7. The van der Waals surface area contributed by atoms with Crippen molar-refractivity contribution in [1.29, 1.82) is 0 Å². The summed E-state index contributed by atoms with van der Waals surface area (Å²) < 4.78 is 6.28. The van der Waals surface area contributed by atoms with Crippen LogP contribution in [0.15, 0.2) is 35.6 Å². The van der Waals surface area contributed by atoms with Crippen LogP contribution in [0.2, 0.25) is 0 Å². The Balaban J connectivity index is 1.98. The number of thioether (sulfide) groups is 1. The fourth-order valence-corrected chi connectivity index (χ4v) is 2.64. The molecule has 0 amide bonds. The number of carbonyl (C=O) groups is 1. The molecule has 0 unspecified atom stereocenters. The topological polar surface area (TPSA) is 82.8 Å². The molecule has 0 bridgehead atoms. The fourth-order valence-electron chi connectivity index (χ4n) is 1.88. The van der Waals surface area contributed by atoms with E-state index in [1.165, 1.54) is 25.2 Å². The second-order valence-corrected chi connectivity index (χ2v) is 5.52. The van der Waals surface area contributed by atoms with Crippen molar-refractivity contribution in [2.75, 3.05) is 12.9 Å². The van der Waals surface area contributed by atoms with E-state index >= 15 is 0 Å². The summed E-state index contributed by atoms with van der Waals surface area (Å²) in [6.45, 7) is 2.02. The highest BCUT2D eigenvalue weighted by Crippen LogP contribution is 2.24. The van der Waals surface area contributed by atoms with E-state index in [-0.39, 0.29) is 11.7 Å². The van der Waals surface area contributed by atoms with Crippen LogP contribution in [0, 0.1) is 6.92 Å². The summed E-state index contributed by atoms with van der Waals surface area (Å²) in [5.74, 6) is -0.150. The van der Waals surface area contributed by atoms with Crippen LogP contribution in [0.5, 0.6) is 0 Å². The number of aryl methyl sites for hydroxylation is 1. The molecule has 0 spiro atoms. The summed E-state index contributed by atoms with van der Waals surface area (Å²) in [5, 5.41) is 8.88. The smallest absolute Gasteiger partial charge is 0.316 e. The lowest BCUT2D eigenvalue weighted by atomic mass is 10.2. The molecule has 2 heterocycles. The predicted molar refractivity (Wildman–Crippen MR) is 81.9 cm³/mol. The number of hydrogen-bond acceptors (Lipinski definition) is 7. The van der Waals surface area contributed by atoms with E-state index in [1.807, 2.05) is 31.2 Å². The molecule has 0 aliphatic rings. The van der Waals surface area contributed by atoms with Crippen LogP contribution < -0.4 is 0 Å². The van der Waals surface area contributed by atoms with E-state index in [0.29, 0.717) is 16.2 Å². The first-order chi connectivity index (χ1) is 10.7. The lowest BCUT2D eigenvalue weighted by Crippen LogP contribution is -2.03. The van der Waals surface area contributed by atoms with Crippen molar-refractivity contribution in [1.82, 2.24) is 25.0 Å². The van der Waals surface area contributed by atoms with Gasteiger partial charge in [0.05, 0.1) is 18.6 Å². The molecule has 22 heavy (non-hydrogen) atoms. The molecule has 8 heteroatoms. The van der Waals surface area contributed by atoms with Crippen molar-refractivity contribution in [3.8, 4) is 5.69 Å². The second-order valence-electron chi connectivity index (χ2n) is 4.55. The van der Waals surface area contributed by atoms with Crippen LogP contribution >= 0.6 is 11.8 Å². The zero-order valence-electron chi connectivity index (χ0n) is 12.1. The summed E-state index contributed by atoms with van der Waals surface area (Å²) >= 11 is 1.25. The van der Waals surface area contributed by atoms with E-state index < -0.39 is 0 Å². The molecule has 0 aliphatic heterocycles. The average Bonchev–Trinajstić information content (AvgIpc) is 2.98. The number of aromatic nitrogens is 5. The minimum Gasteiger partial charge on any atom is -0.468 e. The highest BCUT2D eigenvalue weighted by molar-refractivity contribution is 8.00. The van der Waals surface area contributed by atoms with Crippen molar-refractivity contribution in [3.63, 3.8) is 0 Å². The SMILES string of the molecule is COC(=O)CSc1ncnc2c1nnn2-c1ccc(C)cc1. The summed E-state index contributed by atoms with van der Waals surface area (Å²) in [7, 11) is 1.35. The molecule has 3 rings (SSSR count). The Morgan fingerprint density at radius 1 is 1.27 bits per heavy atom. The van der Waals surface area contributed by atoms with Gasteiger partial charge >= 0.3 is 5.97 Å². The summed E-state index contributed by atoms with van der Waals surface area (Å²) in [6.07, 6.45) is 1.44. The van der Waals surface area contributed by atoms with Gasteiger partial charge < -0.3 is 4.74 Å². The lowest BCUT2D eigenvalue weighted by molar-refractivity contribution is -0.137. The van der Waals surface area contributed by atoms with Crippen LogP contribution in [-0.2, 0) is 9.53 Å². The number of carbonyl (C=O) groups excluding carboxylic acids is 1. The minimum atomic E-state index is -0.317. The summed E-state index contributed by atoms with van der Waals surface area (Å²) in [5.41, 5.74) is 3.20. The van der Waals surface area contributed by atoms with E-state index in [0.717, 1.165) is 11.3 Å². The Labute approximate surface area is 130 Å². The number of hydrogen-bond donors (Lipinski definition) is 0. The molecule has 0 saturated carbocycles. The third-order valence-corrected chi connectivity index (χ3v) is 3.99. The van der Waals surface area contributed by atoms with E-state index in [4.69, 9.17) is 0 Å². The maximum Gasteiger partial charge on any atom is 0.316 e. The Morgan fingerprint density at radius 3 is 2.77 bits per heavy atom. The van der Waals surface area contributed by atoms with E-state index in [9.17, 15) is 4.79 Å². The molecule has 1 aromatic carbocycles. The summed E-state index contributed by atoms with van der Waals surface area (Å²) in [6, 6.07) is 7.90. The Hall–Kier alpha value is -2.48. The van der Waals surface area contributed by atoms with Gasteiger partial charge in [-0.05, 0) is 19.1 Å². The van der Waals surface area contributed by atoms with Gasteiger partial charge in [0.2, 0.25) is 0 Å². The molecule has 7 nitrogen and oxygen atoms in total. The third kappa shape index (κ3) is 2.77. The van der Waals surface area contributed by atoms with Gasteiger partial charge in [-0.2, -0.15) is 4.68 Å². The van der Waals surface area contributed by atoms with E-state index in [1.54, 1.807) is 4.68 Å². The van der Waals surface area contributed by atoms with Crippen LogP contribution in [0.1, 0.15) is 5.56 Å². The Morgan fingerprint density at radius 2 is 2.05 bits per heavy atom. The molecule has 0 saturated heterocycles. The van der Waals surface area contributed by atoms with Crippen molar-refractivity contribution in [2.24, 2.45) is 0 Å². The first-order valence-electron chi connectivity index (χ1n) is 6.52. The number of esters is 1. The molecule has 3 aromatic rings. The van der Waals surface area contributed by atoms with Gasteiger partial charge in [-0.1, -0.05) is 34.7 Å². The van der Waals surface area contributed by atoms with Crippen LogP contribution in [0.25, 0.3) is 16.9 Å². The number of ether oxygens (including phenoxy) is 1. The first-order valence-corrected chi connectivity index (χ1v) is 7.50. The molecular formula is C14H13N5O2S. The first kappa shape index (κ1) is 14.5. The molecule has 0 fully saturated rings. The molecule has 0 N–H and O–H groups in total. The number of methoxy groups -OCH3 is 1. The third-order valence-electron chi connectivity index (χ3n) is 3.04. The number of fused-ring (bicyclic) bond motifs is 1.